The van der Waals surface area contributed by atoms with E-state index >= 15 is 0 Å². The lowest BCUT2D eigenvalue weighted by atomic mass is 9.96. The maximum atomic E-state index is 5.50. The molecule has 2 bridgehead atoms. The van der Waals surface area contributed by atoms with E-state index in [-0.39, 0.29) is 0 Å². The molecule has 3 rings (SSSR count). The van der Waals surface area contributed by atoms with Crippen molar-refractivity contribution in [3.8, 4) is 0 Å². The van der Waals surface area contributed by atoms with Crippen LogP contribution in [0.4, 0.5) is 0 Å². The molecule has 0 aromatic carbocycles. The highest BCUT2D eigenvalue weighted by Crippen LogP contribution is 2.39. The van der Waals surface area contributed by atoms with Crippen LogP contribution in [0.5, 0.6) is 0 Å². The van der Waals surface area contributed by atoms with Gasteiger partial charge < -0.3 is 13.7 Å². The van der Waals surface area contributed by atoms with Crippen molar-refractivity contribution in [2.45, 2.75) is 25.7 Å². The number of hydrogen-bond acceptors (Lipinski definition) is 1. The number of nitrogens with zero attached hydrogens (tertiary/aromatic N) is 2. The average molecular weight is 268 g/mol. The number of piperidine rings is 1. The second kappa shape index (κ2) is 5.34. The van der Waals surface area contributed by atoms with E-state index in [9.17, 15) is 0 Å². The lowest BCUT2D eigenvalue weighted by Gasteiger charge is -2.43. The highest BCUT2D eigenvalue weighted by atomic mass is 16.5. The Morgan fingerprint density at radius 1 is 0.895 bits per heavy atom. The fourth-order valence-electron chi connectivity index (χ4n) is 4.86. The smallest absolute Gasteiger partial charge is 0.102 e. The van der Waals surface area contributed by atoms with Gasteiger partial charge in [-0.1, -0.05) is 0 Å². The van der Waals surface area contributed by atoms with Gasteiger partial charge in [-0.15, -0.1) is 0 Å². The SMILES string of the molecule is C[N+]1(CCC[N+]2(C)C[C@H]3CC[C@@H](C3)C2)CCOCC1. The summed E-state index contributed by atoms with van der Waals surface area (Å²) in [5, 5.41) is 0. The summed E-state index contributed by atoms with van der Waals surface area (Å²) in [4.78, 5) is 0. The minimum absolute atomic E-state index is 0.965. The van der Waals surface area contributed by atoms with Crippen molar-refractivity contribution in [2.75, 3.05) is 66.6 Å². The molecule has 3 heteroatoms. The first kappa shape index (κ1) is 13.8. The molecule has 1 aliphatic carbocycles. The summed E-state index contributed by atoms with van der Waals surface area (Å²) in [7, 11) is 4.94. The third-order valence-corrected chi connectivity index (χ3v) is 5.99. The molecular weight excluding hydrogens is 236 g/mol. The summed E-state index contributed by atoms with van der Waals surface area (Å²) in [6.07, 6.45) is 5.97. The van der Waals surface area contributed by atoms with Crippen molar-refractivity contribution in [2.24, 2.45) is 11.8 Å². The summed E-state index contributed by atoms with van der Waals surface area (Å²) in [5.74, 6) is 2.11. The topological polar surface area (TPSA) is 9.23 Å². The summed E-state index contributed by atoms with van der Waals surface area (Å²) < 4.78 is 8.11. The van der Waals surface area contributed by atoms with E-state index in [0.717, 1.165) is 25.0 Å². The van der Waals surface area contributed by atoms with Crippen LogP contribution in [0.1, 0.15) is 25.7 Å². The van der Waals surface area contributed by atoms with E-state index in [1.165, 1.54) is 67.5 Å². The van der Waals surface area contributed by atoms with Crippen LogP contribution in [0.2, 0.25) is 0 Å². The number of rotatable bonds is 4. The molecule has 0 aromatic rings. The molecule has 0 amide bonds. The van der Waals surface area contributed by atoms with E-state index in [1.54, 1.807) is 6.42 Å². The number of quaternary nitrogens is 2. The Morgan fingerprint density at radius 3 is 2.11 bits per heavy atom. The first-order valence-electron chi connectivity index (χ1n) is 8.32. The Hall–Kier alpha value is -0.120. The van der Waals surface area contributed by atoms with E-state index < -0.39 is 0 Å². The van der Waals surface area contributed by atoms with Crippen molar-refractivity contribution in [3.05, 3.63) is 0 Å². The Morgan fingerprint density at radius 2 is 1.47 bits per heavy atom. The van der Waals surface area contributed by atoms with E-state index in [0.29, 0.717) is 0 Å². The number of fused-ring (bicyclic) bond motifs is 2. The van der Waals surface area contributed by atoms with Crippen LogP contribution < -0.4 is 0 Å². The molecule has 0 N–H and O–H groups in total. The van der Waals surface area contributed by atoms with Crippen LogP contribution in [0.3, 0.4) is 0 Å². The normalized spacial score (nSPS) is 41.4. The van der Waals surface area contributed by atoms with Crippen LogP contribution in [0.25, 0.3) is 0 Å². The van der Waals surface area contributed by atoms with Gasteiger partial charge in [0, 0.05) is 18.3 Å². The van der Waals surface area contributed by atoms with Crippen LogP contribution in [-0.2, 0) is 4.74 Å². The zero-order valence-corrected chi connectivity index (χ0v) is 12.9. The minimum atomic E-state index is 0.965. The molecule has 2 aliphatic heterocycles. The number of ether oxygens (including phenoxy) is 1. The van der Waals surface area contributed by atoms with Gasteiger partial charge in [0.1, 0.15) is 13.1 Å². The average Bonchev–Trinajstić information content (AvgIpc) is 2.70. The molecule has 2 saturated heterocycles. The lowest BCUT2D eigenvalue weighted by molar-refractivity contribution is -0.936. The standard InChI is InChI=1S/C16H32N2O/c1-17(8-10-19-11-9-17)6-3-7-18(2)13-15-4-5-16(12-15)14-18/h15-16H,3-14H2,1-2H3/q+2/t15-,16-/m0/s1. The summed E-state index contributed by atoms with van der Waals surface area (Å²) in [5.41, 5.74) is 0. The number of likely N-dealkylation sites (tertiary alicyclic amines) is 1. The molecule has 3 nitrogen and oxygen atoms in total. The Kier molecular flexibility index (Phi) is 3.89. The van der Waals surface area contributed by atoms with E-state index in [1.807, 2.05) is 0 Å². The molecule has 3 aliphatic rings. The predicted octanol–water partition coefficient (Wildman–Crippen LogP) is 1.73. The number of likely N-dealkylation sites (N-methyl/N-ethyl adjacent to an activating group) is 1. The van der Waals surface area contributed by atoms with Gasteiger partial charge in [0.15, 0.2) is 0 Å². The van der Waals surface area contributed by atoms with Gasteiger partial charge in [-0.25, -0.2) is 0 Å². The Balaban J connectivity index is 1.46. The van der Waals surface area contributed by atoms with Crippen LogP contribution >= 0.6 is 0 Å². The first-order valence-corrected chi connectivity index (χ1v) is 8.32. The second-order valence-corrected chi connectivity index (χ2v) is 8.01. The van der Waals surface area contributed by atoms with E-state index in [4.69, 9.17) is 4.74 Å². The lowest BCUT2D eigenvalue weighted by Crippen LogP contribution is -2.55. The van der Waals surface area contributed by atoms with Gasteiger partial charge in [-0.05, 0) is 19.3 Å². The zero-order chi connectivity index (χ0) is 13.3. The predicted molar refractivity (Wildman–Crippen MR) is 77.8 cm³/mol. The van der Waals surface area contributed by atoms with E-state index in [2.05, 4.69) is 14.1 Å². The monoisotopic (exact) mass is 268 g/mol. The van der Waals surface area contributed by atoms with Crippen LogP contribution in [0.15, 0.2) is 0 Å². The maximum Gasteiger partial charge on any atom is 0.102 e. The van der Waals surface area contributed by atoms with Crippen molar-refractivity contribution in [1.82, 2.24) is 0 Å². The summed E-state index contributed by atoms with van der Waals surface area (Å²) >= 11 is 0. The largest absolute Gasteiger partial charge is 0.370 e. The first-order chi connectivity index (χ1) is 9.07. The fourth-order valence-corrected chi connectivity index (χ4v) is 4.86. The fraction of sp³-hybridized carbons (Fsp3) is 1.00. The van der Waals surface area contributed by atoms with Gasteiger partial charge in [0.05, 0.1) is 53.5 Å². The molecule has 19 heavy (non-hydrogen) atoms. The highest BCUT2D eigenvalue weighted by Gasteiger charge is 2.41. The van der Waals surface area contributed by atoms with Gasteiger partial charge in [0.25, 0.3) is 0 Å². The molecule has 0 unspecified atom stereocenters. The molecule has 0 aromatic heterocycles. The molecule has 2 atom stereocenters. The zero-order valence-electron chi connectivity index (χ0n) is 12.9. The Labute approximate surface area is 118 Å². The molecule has 110 valence electrons. The third kappa shape index (κ3) is 3.32. The molecule has 0 radical (unpaired) electrons. The minimum Gasteiger partial charge on any atom is -0.370 e. The molecule has 1 saturated carbocycles. The molecule has 0 spiro atoms. The number of morpholine rings is 1. The molecule has 2 heterocycles. The number of hydrogen-bond donors (Lipinski definition) is 0. The Bertz CT molecular complexity index is 300. The van der Waals surface area contributed by atoms with Crippen LogP contribution in [-0.4, -0.2) is 75.5 Å². The summed E-state index contributed by atoms with van der Waals surface area (Å²) in [6.45, 7) is 10.0. The summed E-state index contributed by atoms with van der Waals surface area (Å²) in [6, 6.07) is 0. The second-order valence-electron chi connectivity index (χ2n) is 8.01. The third-order valence-electron chi connectivity index (χ3n) is 5.99. The van der Waals surface area contributed by atoms with Gasteiger partial charge in [-0.2, -0.15) is 0 Å². The molecular formula is C16H32N2O+2. The highest BCUT2D eigenvalue weighted by molar-refractivity contribution is 4.79. The van der Waals surface area contributed by atoms with Gasteiger partial charge >= 0.3 is 0 Å². The van der Waals surface area contributed by atoms with Gasteiger partial charge in [0.2, 0.25) is 0 Å². The van der Waals surface area contributed by atoms with Gasteiger partial charge in [-0.3, -0.25) is 0 Å². The quantitative estimate of drug-likeness (QED) is 0.706. The van der Waals surface area contributed by atoms with Crippen molar-refractivity contribution >= 4 is 0 Å². The molecule has 3 fully saturated rings. The van der Waals surface area contributed by atoms with Crippen LogP contribution in [0, 0.1) is 11.8 Å². The van der Waals surface area contributed by atoms with Crippen molar-refractivity contribution < 1.29 is 13.7 Å². The van der Waals surface area contributed by atoms with Crippen molar-refractivity contribution in [1.29, 1.82) is 0 Å². The maximum absolute atomic E-state index is 5.50. The van der Waals surface area contributed by atoms with Crippen molar-refractivity contribution in [3.63, 3.8) is 0 Å².